The number of aliphatic hydroxyl groups is 1. The van der Waals surface area contributed by atoms with Gasteiger partial charge in [0.25, 0.3) is 0 Å². The molecule has 0 aromatic carbocycles. The lowest BCUT2D eigenvalue weighted by molar-refractivity contribution is 0.116. The van der Waals surface area contributed by atoms with Gasteiger partial charge in [0.05, 0.1) is 6.07 Å². The van der Waals surface area contributed by atoms with Crippen LogP contribution in [0.3, 0.4) is 0 Å². The van der Waals surface area contributed by atoms with Gasteiger partial charge in [0.15, 0.2) is 0 Å². The van der Waals surface area contributed by atoms with Crippen molar-refractivity contribution in [3.8, 4) is 6.07 Å². The Balaban J connectivity index is 4.01. The summed E-state index contributed by atoms with van der Waals surface area (Å²) in [5, 5.41) is 17.9. The van der Waals surface area contributed by atoms with E-state index in [4.69, 9.17) is 10.4 Å². The Morgan fingerprint density at radius 3 is 2.33 bits per heavy atom. The standard InChI is InChI=1S/C6H10BrNO/c1-6(2,4-7)5(9)3-8/h5,9H,4H2,1-2H3. The topological polar surface area (TPSA) is 44.0 Å². The van der Waals surface area contributed by atoms with Gasteiger partial charge in [-0.25, -0.2) is 0 Å². The van der Waals surface area contributed by atoms with Crippen LogP contribution in [0.1, 0.15) is 13.8 Å². The SMILES string of the molecule is CC(C)(CBr)C(O)C#N. The van der Waals surface area contributed by atoms with Gasteiger partial charge in [0, 0.05) is 10.7 Å². The van der Waals surface area contributed by atoms with Gasteiger partial charge in [0.2, 0.25) is 0 Å². The Kier molecular flexibility index (Phi) is 3.16. The summed E-state index contributed by atoms with van der Waals surface area (Å²) in [4.78, 5) is 0. The molecule has 1 unspecified atom stereocenters. The van der Waals surface area contributed by atoms with Crippen molar-refractivity contribution in [1.82, 2.24) is 0 Å². The normalized spacial score (nSPS) is 14.6. The molecule has 1 atom stereocenters. The van der Waals surface area contributed by atoms with E-state index in [9.17, 15) is 0 Å². The predicted molar refractivity (Wildman–Crippen MR) is 39.2 cm³/mol. The van der Waals surface area contributed by atoms with E-state index >= 15 is 0 Å². The Bertz CT molecular complexity index is 128. The molecule has 0 radical (unpaired) electrons. The zero-order chi connectivity index (χ0) is 7.49. The second-order valence-electron chi connectivity index (χ2n) is 2.65. The van der Waals surface area contributed by atoms with Gasteiger partial charge >= 0.3 is 0 Å². The number of alkyl halides is 1. The average Bonchev–Trinajstić information content (AvgIpc) is 1.86. The lowest BCUT2D eigenvalue weighted by atomic mass is 9.90. The van der Waals surface area contributed by atoms with Gasteiger partial charge in [0.1, 0.15) is 6.10 Å². The largest absolute Gasteiger partial charge is 0.378 e. The third-order valence-electron chi connectivity index (χ3n) is 1.21. The van der Waals surface area contributed by atoms with Crippen LogP contribution in [-0.2, 0) is 0 Å². The predicted octanol–water partition coefficient (Wildman–Crippen LogP) is 1.29. The van der Waals surface area contributed by atoms with Crippen LogP contribution in [0.4, 0.5) is 0 Å². The van der Waals surface area contributed by atoms with E-state index in [1.54, 1.807) is 6.07 Å². The van der Waals surface area contributed by atoms with Crippen molar-refractivity contribution in [2.45, 2.75) is 20.0 Å². The van der Waals surface area contributed by atoms with E-state index in [0.29, 0.717) is 5.33 Å². The van der Waals surface area contributed by atoms with Crippen molar-refractivity contribution >= 4 is 15.9 Å². The van der Waals surface area contributed by atoms with Crippen LogP contribution in [-0.4, -0.2) is 16.5 Å². The fourth-order valence-corrected chi connectivity index (χ4v) is 0.554. The van der Waals surface area contributed by atoms with Crippen LogP contribution in [0.2, 0.25) is 0 Å². The Morgan fingerprint density at radius 1 is 1.78 bits per heavy atom. The van der Waals surface area contributed by atoms with Crippen molar-refractivity contribution in [2.75, 3.05) is 5.33 Å². The number of halogens is 1. The maximum atomic E-state index is 8.99. The van der Waals surface area contributed by atoms with E-state index in [1.807, 2.05) is 13.8 Å². The van der Waals surface area contributed by atoms with Gasteiger partial charge < -0.3 is 5.11 Å². The molecule has 0 saturated heterocycles. The first kappa shape index (κ1) is 8.93. The Hall–Kier alpha value is -0.0700. The Labute approximate surface area is 63.6 Å². The molecule has 2 nitrogen and oxygen atoms in total. The van der Waals surface area contributed by atoms with Crippen molar-refractivity contribution in [3.05, 3.63) is 0 Å². The monoisotopic (exact) mass is 191 g/mol. The summed E-state index contributed by atoms with van der Waals surface area (Å²) >= 11 is 3.20. The quantitative estimate of drug-likeness (QED) is 0.529. The second-order valence-corrected chi connectivity index (χ2v) is 3.21. The van der Waals surface area contributed by atoms with Gasteiger partial charge in [-0.3, -0.25) is 0 Å². The molecule has 1 N–H and O–H groups in total. The van der Waals surface area contributed by atoms with E-state index in [2.05, 4.69) is 15.9 Å². The molecule has 0 saturated carbocycles. The van der Waals surface area contributed by atoms with E-state index < -0.39 is 6.10 Å². The van der Waals surface area contributed by atoms with Crippen molar-refractivity contribution in [1.29, 1.82) is 5.26 Å². The van der Waals surface area contributed by atoms with Gasteiger partial charge in [-0.05, 0) is 0 Å². The summed E-state index contributed by atoms with van der Waals surface area (Å²) in [6.45, 7) is 3.66. The molecule has 0 aliphatic heterocycles. The highest BCUT2D eigenvalue weighted by molar-refractivity contribution is 9.09. The van der Waals surface area contributed by atoms with Crippen LogP contribution in [0.15, 0.2) is 0 Å². The molecule has 9 heavy (non-hydrogen) atoms. The molecule has 3 heteroatoms. The molecule has 0 heterocycles. The van der Waals surface area contributed by atoms with Gasteiger partial charge in [-0.2, -0.15) is 5.26 Å². The maximum absolute atomic E-state index is 8.99. The van der Waals surface area contributed by atoms with Crippen molar-refractivity contribution < 1.29 is 5.11 Å². The highest BCUT2D eigenvalue weighted by atomic mass is 79.9. The van der Waals surface area contributed by atoms with Crippen LogP contribution < -0.4 is 0 Å². The summed E-state index contributed by atoms with van der Waals surface area (Å²) in [6, 6.07) is 1.78. The van der Waals surface area contributed by atoms with Crippen LogP contribution in [0.5, 0.6) is 0 Å². The smallest absolute Gasteiger partial charge is 0.146 e. The van der Waals surface area contributed by atoms with Crippen molar-refractivity contribution in [3.63, 3.8) is 0 Å². The molecule has 0 fully saturated rings. The molecule has 0 rings (SSSR count). The second kappa shape index (κ2) is 3.19. The summed E-state index contributed by atoms with van der Waals surface area (Å²) in [6.07, 6.45) is -0.878. The van der Waals surface area contributed by atoms with Crippen LogP contribution in [0.25, 0.3) is 0 Å². The van der Waals surface area contributed by atoms with E-state index in [1.165, 1.54) is 0 Å². The third kappa shape index (κ3) is 2.33. The van der Waals surface area contributed by atoms with Gasteiger partial charge in [-0.1, -0.05) is 29.8 Å². The highest BCUT2D eigenvalue weighted by Crippen LogP contribution is 2.22. The van der Waals surface area contributed by atoms with E-state index in [0.717, 1.165) is 0 Å². The average molecular weight is 192 g/mol. The molecule has 0 spiro atoms. The number of nitriles is 1. The molecule has 0 aliphatic carbocycles. The molecular weight excluding hydrogens is 182 g/mol. The molecule has 52 valence electrons. The van der Waals surface area contributed by atoms with Crippen LogP contribution >= 0.6 is 15.9 Å². The minimum Gasteiger partial charge on any atom is -0.378 e. The zero-order valence-electron chi connectivity index (χ0n) is 5.56. The summed E-state index contributed by atoms with van der Waals surface area (Å²) < 4.78 is 0. The third-order valence-corrected chi connectivity index (χ3v) is 2.65. The first-order chi connectivity index (χ1) is 4.04. The molecular formula is C6H10BrNO. The maximum Gasteiger partial charge on any atom is 0.146 e. The lowest BCUT2D eigenvalue weighted by Crippen LogP contribution is -2.29. The summed E-state index contributed by atoms with van der Waals surface area (Å²) in [5.41, 5.74) is -0.339. The first-order valence-electron chi connectivity index (χ1n) is 2.68. The number of hydrogen-bond donors (Lipinski definition) is 1. The molecule has 0 amide bonds. The minimum absolute atomic E-state index is 0.339. The molecule has 0 aliphatic rings. The molecule has 0 aromatic rings. The minimum atomic E-state index is -0.878. The zero-order valence-corrected chi connectivity index (χ0v) is 7.14. The number of rotatable bonds is 2. The molecule has 0 bridgehead atoms. The summed E-state index contributed by atoms with van der Waals surface area (Å²) in [5.74, 6) is 0. The highest BCUT2D eigenvalue weighted by Gasteiger charge is 2.25. The number of hydrogen-bond acceptors (Lipinski definition) is 2. The first-order valence-corrected chi connectivity index (χ1v) is 3.80. The fraction of sp³-hybridized carbons (Fsp3) is 0.833. The lowest BCUT2D eigenvalue weighted by Gasteiger charge is -2.22. The fourth-order valence-electron chi connectivity index (χ4n) is 0.248. The number of nitrogens with zero attached hydrogens (tertiary/aromatic N) is 1. The molecule has 0 aromatic heterocycles. The number of aliphatic hydroxyl groups excluding tert-OH is 1. The van der Waals surface area contributed by atoms with Gasteiger partial charge in [-0.15, -0.1) is 0 Å². The van der Waals surface area contributed by atoms with Crippen LogP contribution in [0, 0.1) is 16.7 Å². The van der Waals surface area contributed by atoms with E-state index in [-0.39, 0.29) is 5.41 Å². The summed E-state index contributed by atoms with van der Waals surface area (Å²) in [7, 11) is 0. The van der Waals surface area contributed by atoms with Crippen molar-refractivity contribution in [2.24, 2.45) is 5.41 Å². The Morgan fingerprint density at radius 2 is 2.22 bits per heavy atom.